The number of nitrogens with zero attached hydrogens (tertiary/aromatic N) is 5. The molecular formula is C29H29N5O2S. The van der Waals surface area contributed by atoms with Crippen LogP contribution in [-0.4, -0.2) is 37.0 Å². The van der Waals surface area contributed by atoms with E-state index in [2.05, 4.69) is 4.98 Å². The predicted octanol–water partition coefficient (Wildman–Crippen LogP) is 5.64. The average molecular weight is 512 g/mol. The van der Waals surface area contributed by atoms with E-state index in [0.29, 0.717) is 11.4 Å². The molecule has 37 heavy (non-hydrogen) atoms. The van der Waals surface area contributed by atoms with Crippen LogP contribution in [0.1, 0.15) is 47.6 Å². The maximum atomic E-state index is 13.9. The van der Waals surface area contributed by atoms with Crippen LogP contribution in [0.5, 0.6) is 5.88 Å². The smallest absolute Gasteiger partial charge is 0.271 e. The van der Waals surface area contributed by atoms with Gasteiger partial charge in [0.2, 0.25) is 5.88 Å². The Balaban J connectivity index is 1.70. The van der Waals surface area contributed by atoms with Crippen molar-refractivity contribution in [3.63, 3.8) is 0 Å². The second kappa shape index (κ2) is 10.5. The van der Waals surface area contributed by atoms with Crippen molar-refractivity contribution in [1.82, 2.24) is 19.1 Å². The zero-order chi connectivity index (χ0) is 25.9. The van der Waals surface area contributed by atoms with Gasteiger partial charge in [0.1, 0.15) is 5.56 Å². The maximum absolute atomic E-state index is 13.9. The fourth-order valence-corrected chi connectivity index (χ4v) is 5.25. The molecule has 0 radical (unpaired) electrons. The van der Waals surface area contributed by atoms with Crippen LogP contribution in [0.4, 0.5) is 0 Å². The van der Waals surface area contributed by atoms with Gasteiger partial charge in [0, 0.05) is 18.9 Å². The standard InChI is InChI=1S/C29H29N5O2S/c1-20-10-3-5-13-24(20)33-27(35)23(28(36)34(29(33)37)25-14-6-4-11-21(25)2)19-31-32-17-8-7-15-26(32)22-12-9-16-30-18-22/h3-6,9-14,16,18-19,26,35H,7-8,15,17H2,1-2H3/t26-/m1/s1. The van der Waals surface area contributed by atoms with Crippen molar-refractivity contribution in [3.8, 4) is 17.3 Å². The van der Waals surface area contributed by atoms with Gasteiger partial charge in [0.05, 0.1) is 23.6 Å². The van der Waals surface area contributed by atoms with Crippen molar-refractivity contribution in [2.45, 2.75) is 39.2 Å². The number of pyridine rings is 1. The van der Waals surface area contributed by atoms with E-state index in [4.69, 9.17) is 17.3 Å². The van der Waals surface area contributed by atoms with Crippen LogP contribution in [0.2, 0.25) is 0 Å². The Morgan fingerprint density at radius 2 is 1.65 bits per heavy atom. The minimum absolute atomic E-state index is 0.0566. The third kappa shape index (κ3) is 4.72. The first-order valence-electron chi connectivity index (χ1n) is 12.4. The number of hydrazone groups is 1. The molecule has 4 aromatic rings. The van der Waals surface area contributed by atoms with Gasteiger partial charge in [-0.05, 0) is 80.2 Å². The van der Waals surface area contributed by atoms with Gasteiger partial charge in [0.15, 0.2) is 4.77 Å². The van der Waals surface area contributed by atoms with E-state index in [0.717, 1.165) is 42.5 Å². The summed E-state index contributed by atoms with van der Waals surface area (Å²) in [5.41, 5.74) is 3.93. The van der Waals surface area contributed by atoms with Crippen LogP contribution in [0.15, 0.2) is 83.0 Å². The lowest BCUT2D eigenvalue weighted by Crippen LogP contribution is -2.31. The van der Waals surface area contributed by atoms with E-state index in [1.807, 2.05) is 85.7 Å². The van der Waals surface area contributed by atoms with Crippen LogP contribution < -0.4 is 5.56 Å². The second-order valence-electron chi connectivity index (χ2n) is 9.27. The number of hydrogen-bond donors (Lipinski definition) is 1. The lowest BCUT2D eigenvalue weighted by atomic mass is 9.98. The second-order valence-corrected chi connectivity index (χ2v) is 9.64. The quantitative estimate of drug-likeness (QED) is 0.277. The maximum Gasteiger partial charge on any atom is 0.271 e. The lowest BCUT2D eigenvalue weighted by Gasteiger charge is -2.33. The minimum atomic E-state index is -0.416. The monoisotopic (exact) mass is 511 g/mol. The first kappa shape index (κ1) is 24.6. The first-order valence-corrected chi connectivity index (χ1v) is 12.8. The van der Waals surface area contributed by atoms with Gasteiger partial charge >= 0.3 is 0 Å². The van der Waals surface area contributed by atoms with Crippen molar-refractivity contribution in [3.05, 3.63) is 110 Å². The zero-order valence-corrected chi connectivity index (χ0v) is 21.7. The number of aryl methyl sites for hydroxylation is 2. The van der Waals surface area contributed by atoms with Crippen LogP contribution in [0.25, 0.3) is 11.4 Å². The Labute approximate surface area is 221 Å². The van der Waals surface area contributed by atoms with Crippen molar-refractivity contribution < 1.29 is 5.11 Å². The highest BCUT2D eigenvalue weighted by Crippen LogP contribution is 2.31. The highest BCUT2D eigenvalue weighted by Gasteiger charge is 2.24. The topological polar surface area (TPSA) is 75.7 Å². The van der Waals surface area contributed by atoms with E-state index >= 15 is 0 Å². The van der Waals surface area contributed by atoms with Gasteiger partial charge in [-0.3, -0.25) is 23.9 Å². The Morgan fingerprint density at radius 1 is 0.973 bits per heavy atom. The predicted molar refractivity (Wildman–Crippen MR) is 148 cm³/mol. The molecule has 1 atom stereocenters. The molecule has 1 saturated heterocycles. The number of aromatic hydroxyl groups is 1. The molecule has 1 fully saturated rings. The number of aromatic nitrogens is 3. The Bertz CT molecular complexity index is 1580. The molecule has 1 aliphatic rings. The van der Waals surface area contributed by atoms with Gasteiger partial charge in [-0.1, -0.05) is 42.5 Å². The van der Waals surface area contributed by atoms with Gasteiger partial charge in [0.25, 0.3) is 5.56 Å². The molecule has 5 rings (SSSR count). The molecule has 0 amide bonds. The van der Waals surface area contributed by atoms with E-state index < -0.39 is 5.56 Å². The van der Waals surface area contributed by atoms with Crippen LogP contribution in [-0.2, 0) is 0 Å². The van der Waals surface area contributed by atoms with E-state index in [1.165, 1.54) is 10.8 Å². The summed E-state index contributed by atoms with van der Waals surface area (Å²) in [6.07, 6.45) is 8.13. The molecule has 0 aliphatic carbocycles. The lowest BCUT2D eigenvalue weighted by molar-refractivity contribution is 0.156. The van der Waals surface area contributed by atoms with E-state index in [9.17, 15) is 9.90 Å². The molecule has 188 valence electrons. The first-order chi connectivity index (χ1) is 18.0. The number of para-hydroxylation sites is 2. The molecule has 0 unspecified atom stereocenters. The van der Waals surface area contributed by atoms with Gasteiger partial charge < -0.3 is 5.11 Å². The number of benzene rings is 2. The molecule has 3 heterocycles. The van der Waals surface area contributed by atoms with Gasteiger partial charge in [-0.15, -0.1) is 0 Å². The number of rotatable bonds is 5. The molecule has 2 aromatic carbocycles. The Hall–Kier alpha value is -4.04. The van der Waals surface area contributed by atoms with Gasteiger partial charge in [-0.25, -0.2) is 0 Å². The molecule has 0 bridgehead atoms. The molecule has 1 N–H and O–H groups in total. The van der Waals surface area contributed by atoms with Gasteiger partial charge in [-0.2, -0.15) is 5.10 Å². The molecule has 0 spiro atoms. The molecule has 0 saturated carbocycles. The summed E-state index contributed by atoms with van der Waals surface area (Å²) >= 11 is 5.81. The van der Waals surface area contributed by atoms with Crippen LogP contribution in [0.3, 0.4) is 0 Å². The highest BCUT2D eigenvalue weighted by molar-refractivity contribution is 7.71. The summed E-state index contributed by atoms with van der Waals surface area (Å²) < 4.78 is 3.22. The summed E-state index contributed by atoms with van der Waals surface area (Å²) in [5, 5.41) is 18.2. The molecule has 2 aromatic heterocycles. The Morgan fingerprint density at radius 3 is 2.30 bits per heavy atom. The molecular weight excluding hydrogens is 482 g/mol. The number of piperidine rings is 1. The van der Waals surface area contributed by atoms with Crippen molar-refractivity contribution in [1.29, 1.82) is 0 Å². The van der Waals surface area contributed by atoms with Crippen LogP contribution in [0, 0.1) is 18.6 Å². The summed E-state index contributed by atoms with van der Waals surface area (Å²) in [6.45, 7) is 4.63. The average Bonchev–Trinajstić information content (AvgIpc) is 2.91. The summed E-state index contributed by atoms with van der Waals surface area (Å²) in [5.74, 6) is -0.229. The minimum Gasteiger partial charge on any atom is -0.494 e. The van der Waals surface area contributed by atoms with Crippen molar-refractivity contribution in [2.75, 3.05) is 6.54 Å². The summed E-state index contributed by atoms with van der Waals surface area (Å²) in [7, 11) is 0. The van der Waals surface area contributed by atoms with E-state index in [-0.39, 0.29) is 22.3 Å². The zero-order valence-electron chi connectivity index (χ0n) is 20.9. The highest BCUT2D eigenvalue weighted by atomic mass is 32.1. The SMILES string of the molecule is Cc1ccccc1-n1c(O)c(C=NN2CCCC[C@@H]2c2cccnc2)c(=O)n(-c2ccccc2C)c1=S. The summed E-state index contributed by atoms with van der Waals surface area (Å²) in [4.78, 5) is 18.1. The third-order valence-corrected chi connectivity index (χ3v) is 7.23. The molecule has 8 heteroatoms. The van der Waals surface area contributed by atoms with Crippen molar-refractivity contribution >= 4 is 18.4 Å². The van der Waals surface area contributed by atoms with Crippen LogP contribution >= 0.6 is 12.2 Å². The summed E-state index contributed by atoms with van der Waals surface area (Å²) in [6, 6.07) is 19.2. The molecule has 7 nitrogen and oxygen atoms in total. The fraction of sp³-hybridized carbons (Fsp3) is 0.241. The number of hydrogen-bond acceptors (Lipinski definition) is 6. The normalized spacial score (nSPS) is 15.8. The fourth-order valence-electron chi connectivity index (χ4n) is 4.88. The van der Waals surface area contributed by atoms with E-state index in [1.54, 1.807) is 10.8 Å². The van der Waals surface area contributed by atoms with Crippen molar-refractivity contribution in [2.24, 2.45) is 5.10 Å². The largest absolute Gasteiger partial charge is 0.494 e. The molecule has 1 aliphatic heterocycles. The Kier molecular flexibility index (Phi) is 7.01. The third-order valence-electron chi connectivity index (χ3n) is 6.86.